The van der Waals surface area contributed by atoms with Crippen molar-refractivity contribution in [1.82, 2.24) is 0 Å². The van der Waals surface area contributed by atoms with Gasteiger partial charge in [-0.1, -0.05) is 24.3 Å². The Morgan fingerprint density at radius 2 is 2.05 bits per heavy atom. The van der Waals surface area contributed by atoms with Crippen LogP contribution in [-0.4, -0.2) is 19.5 Å². The average molecular weight is 301 g/mol. The Kier molecular flexibility index (Phi) is 4.36. The zero-order valence-corrected chi connectivity index (χ0v) is 12.9. The molecule has 110 valence electrons. The molecule has 0 aromatic heterocycles. The molecule has 0 saturated carbocycles. The Labute approximate surface area is 129 Å². The standard InChI is InChI=1S/C17H19NO2S/c1-19-16-8-12(9-18)6-7-15(16)20-10-13-11-21-17-5-3-2-4-14(13)17/h2-8,13H,9-11,18H2,1H3. The summed E-state index contributed by atoms with van der Waals surface area (Å²) in [6.45, 7) is 1.17. The second kappa shape index (κ2) is 6.41. The van der Waals surface area contributed by atoms with E-state index in [1.165, 1.54) is 10.5 Å². The van der Waals surface area contributed by atoms with E-state index in [0.717, 1.165) is 22.8 Å². The minimum atomic E-state index is 0.435. The zero-order chi connectivity index (χ0) is 14.7. The molecule has 0 bridgehead atoms. The highest BCUT2D eigenvalue weighted by Crippen LogP contribution is 2.40. The summed E-state index contributed by atoms with van der Waals surface area (Å²) in [6, 6.07) is 14.4. The summed E-state index contributed by atoms with van der Waals surface area (Å²) in [5.41, 5.74) is 8.08. The molecule has 0 aliphatic carbocycles. The van der Waals surface area contributed by atoms with E-state index in [4.69, 9.17) is 15.2 Å². The van der Waals surface area contributed by atoms with E-state index in [-0.39, 0.29) is 0 Å². The van der Waals surface area contributed by atoms with Gasteiger partial charge in [-0.05, 0) is 29.3 Å². The molecule has 3 rings (SSSR count). The van der Waals surface area contributed by atoms with Crippen LogP contribution in [0.25, 0.3) is 0 Å². The molecule has 1 aliphatic heterocycles. The molecule has 2 aromatic carbocycles. The van der Waals surface area contributed by atoms with E-state index in [9.17, 15) is 0 Å². The molecule has 0 fully saturated rings. The quantitative estimate of drug-likeness (QED) is 0.919. The van der Waals surface area contributed by atoms with Crippen molar-refractivity contribution in [1.29, 1.82) is 0 Å². The lowest BCUT2D eigenvalue weighted by Crippen LogP contribution is -2.10. The molecular formula is C17H19NO2S. The summed E-state index contributed by atoms with van der Waals surface area (Å²) in [4.78, 5) is 1.37. The topological polar surface area (TPSA) is 44.5 Å². The number of nitrogens with two attached hydrogens (primary N) is 1. The largest absolute Gasteiger partial charge is 0.493 e. The first kappa shape index (κ1) is 14.3. The predicted molar refractivity (Wildman–Crippen MR) is 86.3 cm³/mol. The second-order valence-corrected chi connectivity index (χ2v) is 6.11. The summed E-state index contributed by atoms with van der Waals surface area (Å²) in [7, 11) is 1.66. The van der Waals surface area contributed by atoms with Crippen molar-refractivity contribution in [2.24, 2.45) is 5.73 Å². The van der Waals surface area contributed by atoms with Gasteiger partial charge in [-0.15, -0.1) is 11.8 Å². The van der Waals surface area contributed by atoms with Gasteiger partial charge in [-0.25, -0.2) is 0 Å². The Hall–Kier alpha value is -1.65. The molecule has 1 unspecified atom stereocenters. The third-order valence-corrected chi connectivity index (χ3v) is 4.95. The summed E-state index contributed by atoms with van der Waals surface area (Å²) >= 11 is 1.90. The highest BCUT2D eigenvalue weighted by molar-refractivity contribution is 7.99. The lowest BCUT2D eigenvalue weighted by molar-refractivity contribution is 0.279. The van der Waals surface area contributed by atoms with Crippen LogP contribution < -0.4 is 15.2 Å². The van der Waals surface area contributed by atoms with Crippen LogP contribution in [0, 0.1) is 0 Å². The maximum atomic E-state index is 5.99. The number of hydrogen-bond donors (Lipinski definition) is 1. The van der Waals surface area contributed by atoms with E-state index in [2.05, 4.69) is 24.3 Å². The Balaban J connectivity index is 1.71. The van der Waals surface area contributed by atoms with Crippen molar-refractivity contribution in [3.8, 4) is 11.5 Å². The highest BCUT2D eigenvalue weighted by atomic mass is 32.2. The molecule has 0 spiro atoms. The van der Waals surface area contributed by atoms with Crippen molar-refractivity contribution >= 4 is 11.8 Å². The average Bonchev–Trinajstić information content (AvgIpc) is 2.96. The molecule has 2 N–H and O–H groups in total. The van der Waals surface area contributed by atoms with E-state index in [1.807, 2.05) is 30.0 Å². The molecule has 21 heavy (non-hydrogen) atoms. The molecule has 0 amide bonds. The Bertz CT molecular complexity index is 630. The summed E-state index contributed by atoms with van der Waals surface area (Å²) in [5, 5.41) is 0. The number of rotatable bonds is 5. The van der Waals surface area contributed by atoms with Gasteiger partial charge >= 0.3 is 0 Å². The smallest absolute Gasteiger partial charge is 0.161 e. The molecule has 1 aliphatic rings. The monoisotopic (exact) mass is 301 g/mol. The summed E-state index contributed by atoms with van der Waals surface area (Å²) < 4.78 is 11.4. The molecule has 4 heteroatoms. The van der Waals surface area contributed by atoms with E-state index >= 15 is 0 Å². The fraction of sp³-hybridized carbons (Fsp3) is 0.294. The highest BCUT2D eigenvalue weighted by Gasteiger charge is 2.23. The van der Waals surface area contributed by atoms with E-state index < -0.39 is 0 Å². The maximum Gasteiger partial charge on any atom is 0.161 e. The van der Waals surface area contributed by atoms with Crippen LogP contribution in [0.3, 0.4) is 0 Å². The van der Waals surface area contributed by atoms with Gasteiger partial charge < -0.3 is 15.2 Å². The normalized spacial score (nSPS) is 16.6. The Morgan fingerprint density at radius 1 is 1.19 bits per heavy atom. The summed E-state index contributed by atoms with van der Waals surface area (Å²) in [5.74, 6) is 3.04. The van der Waals surface area contributed by atoms with Crippen LogP contribution in [0.2, 0.25) is 0 Å². The number of methoxy groups -OCH3 is 1. The van der Waals surface area contributed by atoms with Crippen LogP contribution in [0.1, 0.15) is 17.0 Å². The van der Waals surface area contributed by atoms with Gasteiger partial charge in [0, 0.05) is 23.1 Å². The van der Waals surface area contributed by atoms with Gasteiger partial charge in [0.2, 0.25) is 0 Å². The van der Waals surface area contributed by atoms with Crippen molar-refractivity contribution < 1.29 is 9.47 Å². The Morgan fingerprint density at radius 3 is 2.86 bits per heavy atom. The molecule has 1 atom stereocenters. The first-order valence-corrected chi connectivity index (χ1v) is 8.02. The van der Waals surface area contributed by atoms with Gasteiger partial charge in [0.1, 0.15) is 0 Å². The van der Waals surface area contributed by atoms with Crippen molar-refractivity contribution in [2.45, 2.75) is 17.4 Å². The van der Waals surface area contributed by atoms with Gasteiger partial charge in [0.25, 0.3) is 0 Å². The van der Waals surface area contributed by atoms with Crippen LogP contribution in [0.4, 0.5) is 0 Å². The second-order valence-electron chi connectivity index (χ2n) is 5.05. The van der Waals surface area contributed by atoms with Crippen molar-refractivity contribution in [3.63, 3.8) is 0 Å². The number of hydrogen-bond acceptors (Lipinski definition) is 4. The predicted octanol–water partition coefficient (Wildman–Crippen LogP) is 3.42. The molecule has 0 saturated heterocycles. The zero-order valence-electron chi connectivity index (χ0n) is 12.0. The van der Waals surface area contributed by atoms with Gasteiger partial charge in [0.05, 0.1) is 13.7 Å². The number of thioether (sulfide) groups is 1. The van der Waals surface area contributed by atoms with Crippen LogP contribution >= 0.6 is 11.8 Å². The lowest BCUT2D eigenvalue weighted by atomic mass is 10.0. The number of ether oxygens (including phenoxy) is 2. The minimum absolute atomic E-state index is 0.435. The van der Waals surface area contributed by atoms with Gasteiger partial charge in [0.15, 0.2) is 11.5 Å². The molecule has 0 radical (unpaired) electrons. The third kappa shape index (κ3) is 3.01. The van der Waals surface area contributed by atoms with Crippen LogP contribution in [0.15, 0.2) is 47.4 Å². The molecule has 1 heterocycles. The summed E-state index contributed by atoms with van der Waals surface area (Å²) in [6.07, 6.45) is 0. The van der Waals surface area contributed by atoms with Crippen molar-refractivity contribution in [2.75, 3.05) is 19.5 Å². The fourth-order valence-corrected chi connectivity index (χ4v) is 3.75. The van der Waals surface area contributed by atoms with E-state index in [1.54, 1.807) is 7.11 Å². The molecule has 2 aromatic rings. The molecule has 3 nitrogen and oxygen atoms in total. The molecular weight excluding hydrogens is 282 g/mol. The van der Waals surface area contributed by atoms with Gasteiger partial charge in [-0.3, -0.25) is 0 Å². The van der Waals surface area contributed by atoms with Crippen molar-refractivity contribution in [3.05, 3.63) is 53.6 Å². The minimum Gasteiger partial charge on any atom is -0.493 e. The fourth-order valence-electron chi connectivity index (χ4n) is 2.52. The van der Waals surface area contributed by atoms with E-state index in [0.29, 0.717) is 19.1 Å². The SMILES string of the molecule is COc1cc(CN)ccc1OCC1CSc2ccccc21. The maximum absolute atomic E-state index is 5.99. The van der Waals surface area contributed by atoms with Crippen LogP contribution in [0.5, 0.6) is 11.5 Å². The van der Waals surface area contributed by atoms with Gasteiger partial charge in [-0.2, -0.15) is 0 Å². The number of benzene rings is 2. The number of fused-ring (bicyclic) bond motifs is 1. The van der Waals surface area contributed by atoms with Crippen LogP contribution in [-0.2, 0) is 6.54 Å². The third-order valence-electron chi connectivity index (χ3n) is 3.70. The first-order chi connectivity index (χ1) is 10.3. The first-order valence-electron chi connectivity index (χ1n) is 7.03. The lowest BCUT2D eigenvalue weighted by Gasteiger charge is -2.15.